The van der Waals surface area contributed by atoms with Gasteiger partial charge in [-0.25, -0.2) is 9.59 Å². The van der Waals surface area contributed by atoms with Crippen LogP contribution in [0, 0.1) is 0 Å². The summed E-state index contributed by atoms with van der Waals surface area (Å²) in [6, 6.07) is 25.0. The first-order valence-electron chi connectivity index (χ1n) is 11.7. The van der Waals surface area contributed by atoms with Gasteiger partial charge in [0.2, 0.25) is 11.8 Å². The van der Waals surface area contributed by atoms with Crippen molar-refractivity contribution in [1.82, 2.24) is 0 Å². The standard InChI is InChI=1S/C29H24N2O6/c1-18-23(26(32)35-16-19-10-4-2-5-11-19)29(21-14-8-9-15-22(21)31-28(29)34)24(25(30)37-18)27(33)36-17-20-12-6-3-7-13-20/h2-15H,16-17,30H2,1H3,(H,31,34)/t29-/m0/s1. The average Bonchev–Trinajstić information content (AvgIpc) is 3.18. The third-order valence-corrected chi connectivity index (χ3v) is 6.37. The molecule has 0 unspecified atom stereocenters. The van der Waals surface area contributed by atoms with Gasteiger partial charge in [0.1, 0.15) is 35.5 Å². The lowest BCUT2D eigenvalue weighted by atomic mass is 9.67. The molecule has 186 valence electrons. The van der Waals surface area contributed by atoms with E-state index in [9.17, 15) is 14.4 Å². The van der Waals surface area contributed by atoms with Crippen LogP contribution >= 0.6 is 0 Å². The zero-order chi connectivity index (χ0) is 26.0. The SMILES string of the molecule is CC1=C(C(=O)OCc2ccccc2)[C@]2(C(=O)Nc3ccccc32)C(C(=O)OCc2ccccc2)=C(N)O1. The summed E-state index contributed by atoms with van der Waals surface area (Å²) in [7, 11) is 0. The van der Waals surface area contributed by atoms with Crippen LogP contribution in [0.2, 0.25) is 0 Å². The Morgan fingerprint density at radius 2 is 1.32 bits per heavy atom. The highest BCUT2D eigenvalue weighted by atomic mass is 16.5. The van der Waals surface area contributed by atoms with E-state index >= 15 is 0 Å². The molecule has 0 bridgehead atoms. The molecule has 2 aliphatic heterocycles. The predicted molar refractivity (Wildman–Crippen MR) is 134 cm³/mol. The van der Waals surface area contributed by atoms with Crippen molar-refractivity contribution < 1.29 is 28.6 Å². The summed E-state index contributed by atoms with van der Waals surface area (Å²) in [4.78, 5) is 40.9. The summed E-state index contributed by atoms with van der Waals surface area (Å²) in [5.41, 5.74) is 6.23. The summed E-state index contributed by atoms with van der Waals surface area (Å²) in [6.45, 7) is 1.41. The molecular weight excluding hydrogens is 472 g/mol. The number of carbonyl (C=O) groups is 3. The third kappa shape index (κ3) is 4.12. The van der Waals surface area contributed by atoms with E-state index in [2.05, 4.69) is 5.32 Å². The first kappa shape index (κ1) is 23.9. The van der Waals surface area contributed by atoms with Gasteiger partial charge in [0.25, 0.3) is 0 Å². The van der Waals surface area contributed by atoms with Crippen molar-refractivity contribution in [3.63, 3.8) is 0 Å². The van der Waals surface area contributed by atoms with Gasteiger partial charge in [0, 0.05) is 11.3 Å². The minimum Gasteiger partial charge on any atom is -0.457 e. The van der Waals surface area contributed by atoms with Gasteiger partial charge in [-0.15, -0.1) is 0 Å². The van der Waals surface area contributed by atoms with Crippen LogP contribution in [0.3, 0.4) is 0 Å². The van der Waals surface area contributed by atoms with Crippen molar-refractivity contribution in [3.8, 4) is 0 Å². The number of hydrogen-bond donors (Lipinski definition) is 2. The predicted octanol–water partition coefficient (Wildman–Crippen LogP) is 3.84. The summed E-state index contributed by atoms with van der Waals surface area (Å²) in [6.07, 6.45) is 0. The third-order valence-electron chi connectivity index (χ3n) is 6.37. The molecule has 0 saturated carbocycles. The Labute approximate surface area is 213 Å². The minimum absolute atomic E-state index is 0.0389. The minimum atomic E-state index is -1.91. The molecule has 8 heteroatoms. The lowest BCUT2D eigenvalue weighted by Gasteiger charge is -2.35. The lowest BCUT2D eigenvalue weighted by molar-refractivity contribution is -0.144. The molecule has 1 spiro atoms. The van der Waals surface area contributed by atoms with Gasteiger partial charge in [0.15, 0.2) is 0 Å². The summed E-state index contributed by atoms with van der Waals surface area (Å²) in [5, 5.41) is 2.78. The van der Waals surface area contributed by atoms with E-state index in [1.165, 1.54) is 6.92 Å². The molecule has 1 atom stereocenters. The molecule has 3 aromatic rings. The normalized spacial score (nSPS) is 18.2. The Kier molecular flexibility index (Phi) is 6.23. The number of nitrogens with one attached hydrogen (secondary N) is 1. The monoisotopic (exact) mass is 496 g/mol. The molecule has 5 rings (SSSR count). The van der Waals surface area contributed by atoms with Crippen LogP contribution < -0.4 is 11.1 Å². The second-order valence-electron chi connectivity index (χ2n) is 8.65. The molecule has 3 N–H and O–H groups in total. The summed E-state index contributed by atoms with van der Waals surface area (Å²) >= 11 is 0. The van der Waals surface area contributed by atoms with Crippen LogP contribution in [0.15, 0.2) is 108 Å². The number of nitrogens with two attached hydrogens (primary N) is 1. The number of esters is 2. The molecule has 37 heavy (non-hydrogen) atoms. The smallest absolute Gasteiger partial charge is 0.341 e. The van der Waals surface area contributed by atoms with Crippen LogP contribution in [0.1, 0.15) is 23.6 Å². The number of fused-ring (bicyclic) bond motifs is 2. The Morgan fingerprint density at radius 1 is 0.811 bits per heavy atom. The first-order valence-corrected chi connectivity index (χ1v) is 11.7. The number of allylic oxidation sites excluding steroid dienone is 1. The first-order chi connectivity index (χ1) is 17.9. The second-order valence-corrected chi connectivity index (χ2v) is 8.65. The zero-order valence-electron chi connectivity index (χ0n) is 20.0. The van der Waals surface area contributed by atoms with E-state index in [-0.39, 0.29) is 36.0 Å². The largest absolute Gasteiger partial charge is 0.457 e. The van der Waals surface area contributed by atoms with Crippen LogP contribution in [0.5, 0.6) is 0 Å². The van der Waals surface area contributed by atoms with Crippen molar-refractivity contribution in [2.75, 3.05) is 5.32 Å². The molecule has 0 aromatic heterocycles. The Balaban J connectivity index is 1.58. The van der Waals surface area contributed by atoms with Crippen molar-refractivity contribution in [2.45, 2.75) is 25.6 Å². The van der Waals surface area contributed by atoms with E-state index in [1.807, 2.05) is 48.5 Å². The highest BCUT2D eigenvalue weighted by Crippen LogP contribution is 2.52. The molecule has 0 aliphatic carbocycles. The maximum atomic E-state index is 13.8. The molecule has 2 aliphatic rings. The average molecular weight is 497 g/mol. The van der Waals surface area contributed by atoms with Crippen LogP contribution in [0.25, 0.3) is 0 Å². The van der Waals surface area contributed by atoms with Crippen LogP contribution in [-0.2, 0) is 47.2 Å². The highest BCUT2D eigenvalue weighted by Gasteiger charge is 2.61. The van der Waals surface area contributed by atoms with E-state index in [4.69, 9.17) is 19.9 Å². The Bertz CT molecular complexity index is 1370. The quantitative estimate of drug-likeness (QED) is 0.498. The molecule has 0 radical (unpaired) electrons. The fourth-order valence-corrected chi connectivity index (χ4v) is 4.74. The Morgan fingerprint density at radius 3 is 1.92 bits per heavy atom. The number of rotatable bonds is 6. The van der Waals surface area contributed by atoms with Gasteiger partial charge in [0.05, 0.1) is 0 Å². The summed E-state index contributed by atoms with van der Waals surface area (Å²) in [5.74, 6) is -2.58. The Hall–Kier alpha value is -4.85. The van der Waals surface area contributed by atoms with Gasteiger partial charge >= 0.3 is 11.9 Å². The van der Waals surface area contributed by atoms with Gasteiger partial charge < -0.3 is 25.3 Å². The number of para-hydroxylation sites is 1. The molecule has 1 amide bonds. The second kappa shape index (κ2) is 9.66. The number of anilines is 1. The fraction of sp³-hybridized carbons (Fsp3) is 0.138. The number of ether oxygens (including phenoxy) is 3. The van der Waals surface area contributed by atoms with Crippen LogP contribution in [0.4, 0.5) is 5.69 Å². The topological polar surface area (TPSA) is 117 Å². The van der Waals surface area contributed by atoms with Crippen LogP contribution in [-0.4, -0.2) is 17.8 Å². The van der Waals surface area contributed by atoms with E-state index < -0.39 is 23.3 Å². The van der Waals surface area contributed by atoms with Crippen molar-refractivity contribution in [1.29, 1.82) is 0 Å². The van der Waals surface area contributed by atoms with E-state index in [0.717, 1.165) is 11.1 Å². The molecule has 2 heterocycles. The number of hydrogen-bond acceptors (Lipinski definition) is 7. The maximum absolute atomic E-state index is 13.8. The lowest BCUT2D eigenvalue weighted by Crippen LogP contribution is -2.48. The number of carbonyl (C=O) groups excluding carboxylic acids is 3. The fourth-order valence-electron chi connectivity index (χ4n) is 4.74. The number of benzene rings is 3. The molecule has 3 aromatic carbocycles. The van der Waals surface area contributed by atoms with Gasteiger partial charge in [-0.3, -0.25) is 4.79 Å². The van der Waals surface area contributed by atoms with Gasteiger partial charge in [-0.05, 0) is 24.1 Å². The number of amides is 1. The van der Waals surface area contributed by atoms with Crippen molar-refractivity contribution in [3.05, 3.63) is 124 Å². The molecule has 0 saturated heterocycles. The van der Waals surface area contributed by atoms with E-state index in [0.29, 0.717) is 11.3 Å². The maximum Gasteiger partial charge on any atom is 0.341 e. The molecular formula is C29H24N2O6. The summed E-state index contributed by atoms with van der Waals surface area (Å²) < 4.78 is 16.8. The van der Waals surface area contributed by atoms with Gasteiger partial charge in [-0.2, -0.15) is 0 Å². The highest BCUT2D eigenvalue weighted by molar-refractivity contribution is 6.21. The molecule has 0 fully saturated rings. The van der Waals surface area contributed by atoms with Crippen molar-refractivity contribution in [2.24, 2.45) is 5.73 Å². The zero-order valence-corrected chi connectivity index (χ0v) is 20.0. The van der Waals surface area contributed by atoms with Gasteiger partial charge in [-0.1, -0.05) is 78.9 Å². The van der Waals surface area contributed by atoms with E-state index in [1.54, 1.807) is 36.4 Å². The molecule has 8 nitrogen and oxygen atoms in total. The van der Waals surface area contributed by atoms with Crippen molar-refractivity contribution >= 4 is 23.5 Å².